The summed E-state index contributed by atoms with van der Waals surface area (Å²) in [6.07, 6.45) is -1.19. The molecule has 0 aliphatic carbocycles. The van der Waals surface area contributed by atoms with Gasteiger partial charge in [0.1, 0.15) is 5.00 Å². The van der Waals surface area contributed by atoms with Crippen LogP contribution in [0.1, 0.15) is 16.8 Å². The molecule has 1 heterocycles. The van der Waals surface area contributed by atoms with E-state index in [9.17, 15) is 22.8 Å². The summed E-state index contributed by atoms with van der Waals surface area (Å²) in [5.74, 6) is -1.65. The van der Waals surface area contributed by atoms with Crippen molar-refractivity contribution in [2.75, 3.05) is 18.2 Å². The highest BCUT2D eigenvalue weighted by atomic mass is 32.2. The Labute approximate surface area is 154 Å². The minimum atomic E-state index is -3.58. The van der Waals surface area contributed by atoms with Crippen molar-refractivity contribution >= 4 is 44.1 Å². The number of carbonyl (C=O) groups excluding carboxylic acids is 3. The molecule has 0 aliphatic heterocycles. The van der Waals surface area contributed by atoms with Gasteiger partial charge in [-0.3, -0.25) is 14.9 Å². The van der Waals surface area contributed by atoms with Crippen LogP contribution in [0.4, 0.5) is 9.80 Å². The van der Waals surface area contributed by atoms with Crippen LogP contribution in [0.2, 0.25) is 0 Å². The summed E-state index contributed by atoms with van der Waals surface area (Å²) in [6, 6.07) is 9.25. The number of ether oxygens (including phenoxy) is 1. The van der Waals surface area contributed by atoms with Gasteiger partial charge in [0.15, 0.2) is 9.84 Å². The van der Waals surface area contributed by atoms with Gasteiger partial charge >= 0.3 is 6.09 Å². The standard InChI is InChI=1S/C16H16N2O6S2/c1-24-16(21)18-14(20)12-7-9-25-15(12)17-13(19)8-10-26(22,23)11-5-3-2-4-6-11/h2-7,9H,8,10H2,1H3,(H,17,19)(H,18,20,21). The van der Waals surface area contributed by atoms with Crippen molar-refractivity contribution in [3.63, 3.8) is 0 Å². The zero-order chi connectivity index (χ0) is 19.2. The molecule has 0 atom stereocenters. The molecule has 0 bridgehead atoms. The lowest BCUT2D eigenvalue weighted by Crippen LogP contribution is -2.30. The van der Waals surface area contributed by atoms with Crippen LogP contribution in [0, 0.1) is 0 Å². The van der Waals surface area contributed by atoms with Gasteiger partial charge in [0, 0.05) is 6.42 Å². The molecule has 3 amide bonds. The molecule has 0 radical (unpaired) electrons. The summed E-state index contributed by atoms with van der Waals surface area (Å²) in [6.45, 7) is 0. The Hall–Kier alpha value is -2.72. The minimum absolute atomic E-state index is 0.0830. The smallest absolute Gasteiger partial charge is 0.413 e. The second-order valence-corrected chi connectivity index (χ2v) is 8.06. The number of hydrogen-bond donors (Lipinski definition) is 2. The molecule has 2 N–H and O–H groups in total. The van der Waals surface area contributed by atoms with E-state index in [4.69, 9.17) is 0 Å². The minimum Gasteiger partial charge on any atom is -0.453 e. The number of hydrogen-bond acceptors (Lipinski definition) is 7. The fraction of sp³-hybridized carbons (Fsp3) is 0.188. The molecule has 0 fully saturated rings. The number of methoxy groups -OCH3 is 1. The monoisotopic (exact) mass is 396 g/mol. The van der Waals surface area contributed by atoms with E-state index in [0.717, 1.165) is 18.4 Å². The average Bonchev–Trinajstić information content (AvgIpc) is 3.09. The Morgan fingerprint density at radius 2 is 1.81 bits per heavy atom. The first-order valence-electron chi connectivity index (χ1n) is 7.38. The van der Waals surface area contributed by atoms with Gasteiger partial charge in [-0.05, 0) is 23.6 Å². The summed E-state index contributed by atoms with van der Waals surface area (Å²) in [4.78, 5) is 35.2. The van der Waals surface area contributed by atoms with Crippen molar-refractivity contribution < 1.29 is 27.5 Å². The molecule has 0 spiro atoms. The van der Waals surface area contributed by atoms with Crippen molar-refractivity contribution in [1.82, 2.24) is 5.32 Å². The maximum absolute atomic E-state index is 12.2. The number of carbonyl (C=O) groups is 3. The van der Waals surface area contributed by atoms with Crippen LogP contribution in [-0.4, -0.2) is 39.2 Å². The third-order valence-corrected chi connectivity index (χ3v) is 5.83. The first-order valence-corrected chi connectivity index (χ1v) is 9.91. The Morgan fingerprint density at radius 3 is 2.46 bits per heavy atom. The topological polar surface area (TPSA) is 119 Å². The number of nitrogens with one attached hydrogen (secondary N) is 2. The predicted octanol–water partition coefficient (Wildman–Crippen LogP) is 2.05. The van der Waals surface area contributed by atoms with Crippen LogP contribution >= 0.6 is 11.3 Å². The van der Waals surface area contributed by atoms with E-state index in [0.29, 0.717) is 0 Å². The normalized spacial score (nSPS) is 10.8. The van der Waals surface area contributed by atoms with Gasteiger partial charge in [0.2, 0.25) is 5.91 Å². The molecule has 0 unspecified atom stereocenters. The predicted molar refractivity (Wildman–Crippen MR) is 95.9 cm³/mol. The zero-order valence-corrected chi connectivity index (χ0v) is 15.4. The SMILES string of the molecule is COC(=O)NC(=O)c1ccsc1NC(=O)CCS(=O)(=O)c1ccccc1. The van der Waals surface area contributed by atoms with E-state index in [1.807, 2.05) is 5.32 Å². The van der Waals surface area contributed by atoms with Crippen molar-refractivity contribution in [3.05, 3.63) is 47.3 Å². The molecule has 8 nitrogen and oxygen atoms in total. The molecule has 2 aromatic rings. The molecule has 138 valence electrons. The van der Waals surface area contributed by atoms with Crippen molar-refractivity contribution in [2.45, 2.75) is 11.3 Å². The van der Waals surface area contributed by atoms with Crippen LogP contribution in [0.15, 0.2) is 46.7 Å². The molecule has 1 aromatic heterocycles. The van der Waals surface area contributed by atoms with Crippen molar-refractivity contribution in [1.29, 1.82) is 0 Å². The van der Waals surface area contributed by atoms with E-state index < -0.39 is 27.7 Å². The Bertz CT molecular complexity index is 906. The van der Waals surface area contributed by atoms with Gasteiger partial charge in [0.05, 0.1) is 23.3 Å². The number of anilines is 1. The van der Waals surface area contributed by atoms with Gasteiger partial charge in [-0.15, -0.1) is 11.3 Å². The highest BCUT2D eigenvalue weighted by molar-refractivity contribution is 7.91. The highest BCUT2D eigenvalue weighted by Gasteiger charge is 2.19. The lowest BCUT2D eigenvalue weighted by molar-refractivity contribution is -0.115. The van der Waals surface area contributed by atoms with E-state index >= 15 is 0 Å². The Kier molecular flexibility index (Phi) is 6.47. The molecule has 1 aromatic carbocycles. The lowest BCUT2D eigenvalue weighted by atomic mass is 10.3. The second-order valence-electron chi connectivity index (χ2n) is 5.04. The van der Waals surface area contributed by atoms with Crippen molar-refractivity contribution in [2.24, 2.45) is 0 Å². The number of benzene rings is 1. The first-order chi connectivity index (χ1) is 12.3. The molecule has 10 heteroatoms. The fourth-order valence-electron chi connectivity index (χ4n) is 1.96. The zero-order valence-electron chi connectivity index (χ0n) is 13.7. The Morgan fingerprint density at radius 1 is 1.12 bits per heavy atom. The van der Waals surface area contributed by atoms with E-state index in [1.165, 1.54) is 18.2 Å². The molecule has 0 aliphatic rings. The van der Waals surface area contributed by atoms with Crippen LogP contribution in [0.3, 0.4) is 0 Å². The second kappa shape index (κ2) is 8.59. The number of sulfone groups is 1. The van der Waals surface area contributed by atoms with Crippen LogP contribution in [0.5, 0.6) is 0 Å². The molecular formula is C16H16N2O6S2. The van der Waals surface area contributed by atoms with Crippen LogP contribution < -0.4 is 10.6 Å². The molecule has 0 saturated carbocycles. The lowest BCUT2D eigenvalue weighted by Gasteiger charge is -2.07. The van der Waals surface area contributed by atoms with E-state index in [-0.39, 0.29) is 27.6 Å². The fourth-order valence-corrected chi connectivity index (χ4v) is 4.02. The number of alkyl carbamates (subject to hydrolysis) is 1. The van der Waals surface area contributed by atoms with Gasteiger partial charge in [0.25, 0.3) is 5.91 Å². The maximum Gasteiger partial charge on any atom is 0.413 e. The van der Waals surface area contributed by atoms with E-state index in [1.54, 1.807) is 23.6 Å². The quantitative estimate of drug-likeness (QED) is 0.771. The molecular weight excluding hydrogens is 380 g/mol. The largest absolute Gasteiger partial charge is 0.453 e. The molecule has 2 rings (SSSR count). The first kappa shape index (κ1) is 19.6. The van der Waals surface area contributed by atoms with Crippen LogP contribution in [-0.2, 0) is 19.4 Å². The van der Waals surface area contributed by atoms with Crippen LogP contribution in [0.25, 0.3) is 0 Å². The number of imide groups is 1. The van der Waals surface area contributed by atoms with E-state index in [2.05, 4.69) is 10.1 Å². The highest BCUT2D eigenvalue weighted by Crippen LogP contribution is 2.23. The average molecular weight is 396 g/mol. The van der Waals surface area contributed by atoms with Crippen molar-refractivity contribution in [3.8, 4) is 0 Å². The number of rotatable bonds is 6. The Balaban J connectivity index is 1.98. The number of amides is 3. The third-order valence-electron chi connectivity index (χ3n) is 3.26. The van der Waals surface area contributed by atoms with Gasteiger partial charge in [-0.25, -0.2) is 13.2 Å². The summed E-state index contributed by atoms with van der Waals surface area (Å²) >= 11 is 1.08. The van der Waals surface area contributed by atoms with Gasteiger partial charge < -0.3 is 10.1 Å². The summed E-state index contributed by atoms with van der Waals surface area (Å²) in [7, 11) is -2.46. The summed E-state index contributed by atoms with van der Waals surface area (Å²) in [5, 5.41) is 6.25. The van der Waals surface area contributed by atoms with Gasteiger partial charge in [-0.1, -0.05) is 18.2 Å². The molecule has 26 heavy (non-hydrogen) atoms. The summed E-state index contributed by atoms with van der Waals surface area (Å²) in [5.41, 5.74) is 0.0830. The maximum atomic E-state index is 12.2. The molecule has 0 saturated heterocycles. The summed E-state index contributed by atoms with van der Waals surface area (Å²) < 4.78 is 28.7. The third kappa shape index (κ3) is 5.14. The number of thiophene rings is 1. The van der Waals surface area contributed by atoms with Gasteiger partial charge in [-0.2, -0.15) is 0 Å².